The Hall–Kier alpha value is -2.30. The summed E-state index contributed by atoms with van der Waals surface area (Å²) in [5.74, 6) is -0.150. The minimum Gasteiger partial charge on any atom is -0.449 e. The summed E-state index contributed by atoms with van der Waals surface area (Å²) in [6, 6.07) is 8.49. The number of nitrogens with one attached hydrogen (secondary N) is 2. The average Bonchev–Trinajstić information content (AvgIpc) is 2.92. The molecule has 3 rings (SSSR count). The fourth-order valence-corrected chi connectivity index (χ4v) is 2.25. The highest BCUT2D eigenvalue weighted by Gasteiger charge is 2.38. The first-order valence-corrected chi connectivity index (χ1v) is 6.66. The average molecular weight is 271 g/mol. The van der Waals surface area contributed by atoms with Crippen molar-refractivity contribution in [1.82, 2.24) is 10.3 Å². The number of H-pyrrole nitrogens is 1. The van der Waals surface area contributed by atoms with E-state index in [-0.39, 0.29) is 5.91 Å². The van der Waals surface area contributed by atoms with Crippen LogP contribution in [0.5, 0.6) is 0 Å². The topological polar surface area (TPSA) is 66.5 Å². The number of fused-ring (bicyclic) bond motifs is 1. The van der Waals surface area contributed by atoms with E-state index in [0.29, 0.717) is 12.6 Å². The summed E-state index contributed by atoms with van der Waals surface area (Å²) >= 11 is 0. The first-order valence-electron chi connectivity index (χ1n) is 6.66. The summed E-state index contributed by atoms with van der Waals surface area (Å²) in [4.78, 5) is 19.1. The van der Waals surface area contributed by atoms with E-state index in [1.54, 1.807) is 13.8 Å². The Balaban J connectivity index is 1.68. The number of aromatic amines is 1. The number of benzene rings is 1. The van der Waals surface area contributed by atoms with Gasteiger partial charge in [-0.1, -0.05) is 18.2 Å². The van der Waals surface area contributed by atoms with Gasteiger partial charge in [0.05, 0.1) is 0 Å². The fourth-order valence-electron chi connectivity index (χ4n) is 2.25. The number of amidine groups is 1. The zero-order valence-electron chi connectivity index (χ0n) is 11.6. The van der Waals surface area contributed by atoms with Crippen LogP contribution in [0.15, 0.2) is 35.5 Å². The SMILES string of the molecule is CC1(C)OC(=NCCc2c[nH]c3ccccc23)NC1=O. The Kier molecular flexibility index (Phi) is 2.97. The molecular formula is C15H17N3O2. The lowest BCUT2D eigenvalue weighted by Gasteiger charge is -2.11. The van der Waals surface area contributed by atoms with E-state index >= 15 is 0 Å². The lowest BCUT2D eigenvalue weighted by molar-refractivity contribution is -0.128. The van der Waals surface area contributed by atoms with Crippen LogP contribution in [0.3, 0.4) is 0 Å². The maximum atomic E-state index is 11.6. The quantitative estimate of drug-likeness (QED) is 0.896. The molecule has 5 nitrogen and oxygen atoms in total. The molecule has 0 saturated carbocycles. The van der Waals surface area contributed by atoms with Gasteiger partial charge in [0, 0.05) is 23.6 Å². The number of nitrogens with zero attached hydrogens (tertiary/aromatic N) is 1. The van der Waals surface area contributed by atoms with Crippen LogP contribution in [0.4, 0.5) is 0 Å². The van der Waals surface area contributed by atoms with Gasteiger partial charge in [-0.25, -0.2) is 4.99 Å². The van der Waals surface area contributed by atoms with Crippen molar-refractivity contribution in [2.24, 2.45) is 4.99 Å². The summed E-state index contributed by atoms with van der Waals surface area (Å²) in [5.41, 5.74) is 1.52. The van der Waals surface area contributed by atoms with Gasteiger partial charge in [-0.15, -0.1) is 0 Å². The number of rotatable bonds is 3. The molecule has 0 spiro atoms. The van der Waals surface area contributed by atoms with Crippen LogP contribution in [0.25, 0.3) is 10.9 Å². The molecule has 5 heteroatoms. The number of aromatic nitrogens is 1. The highest BCUT2D eigenvalue weighted by atomic mass is 16.5. The smallest absolute Gasteiger partial charge is 0.292 e. The Labute approximate surface area is 117 Å². The molecule has 1 aliphatic rings. The highest BCUT2D eigenvalue weighted by Crippen LogP contribution is 2.19. The molecule has 104 valence electrons. The molecule has 2 heterocycles. The van der Waals surface area contributed by atoms with Crippen molar-refractivity contribution in [3.05, 3.63) is 36.0 Å². The molecule has 1 fully saturated rings. The first kappa shape index (κ1) is 12.7. The fraction of sp³-hybridized carbons (Fsp3) is 0.333. The summed E-state index contributed by atoms with van der Waals surface area (Å²) in [5, 5.41) is 3.85. The third-order valence-corrected chi connectivity index (χ3v) is 3.43. The van der Waals surface area contributed by atoms with Gasteiger partial charge in [0.2, 0.25) is 0 Å². The normalized spacial score (nSPS) is 19.3. The van der Waals surface area contributed by atoms with Crippen molar-refractivity contribution in [3.8, 4) is 0 Å². The van der Waals surface area contributed by atoms with E-state index in [4.69, 9.17) is 4.74 Å². The van der Waals surface area contributed by atoms with E-state index < -0.39 is 5.60 Å². The van der Waals surface area contributed by atoms with Gasteiger partial charge in [0.15, 0.2) is 5.60 Å². The minimum atomic E-state index is -0.820. The van der Waals surface area contributed by atoms with Crippen molar-refractivity contribution < 1.29 is 9.53 Å². The van der Waals surface area contributed by atoms with Crippen molar-refractivity contribution >= 4 is 22.8 Å². The van der Waals surface area contributed by atoms with Crippen LogP contribution in [0.2, 0.25) is 0 Å². The first-order chi connectivity index (χ1) is 9.56. The zero-order chi connectivity index (χ0) is 14.2. The number of hydrogen-bond acceptors (Lipinski definition) is 3. The molecule has 1 saturated heterocycles. The van der Waals surface area contributed by atoms with E-state index in [9.17, 15) is 4.79 Å². The van der Waals surface area contributed by atoms with Gasteiger partial charge in [-0.2, -0.15) is 0 Å². The Bertz CT molecular complexity index is 685. The summed E-state index contributed by atoms with van der Waals surface area (Å²) in [6.07, 6.45) is 2.80. The number of amides is 1. The van der Waals surface area contributed by atoms with Crippen molar-refractivity contribution in [2.45, 2.75) is 25.9 Å². The van der Waals surface area contributed by atoms with Crippen LogP contribution >= 0.6 is 0 Å². The largest absolute Gasteiger partial charge is 0.449 e. The van der Waals surface area contributed by atoms with E-state index in [1.807, 2.05) is 24.4 Å². The van der Waals surface area contributed by atoms with E-state index in [2.05, 4.69) is 21.4 Å². The monoisotopic (exact) mass is 271 g/mol. The van der Waals surface area contributed by atoms with Gasteiger partial charge in [-0.3, -0.25) is 10.1 Å². The van der Waals surface area contributed by atoms with E-state index in [1.165, 1.54) is 10.9 Å². The second-order valence-electron chi connectivity index (χ2n) is 5.36. The molecule has 0 atom stereocenters. The molecule has 1 aromatic heterocycles. The molecule has 2 aromatic rings. The second kappa shape index (κ2) is 4.67. The predicted octanol–water partition coefficient (Wildman–Crippen LogP) is 1.99. The van der Waals surface area contributed by atoms with Crippen molar-refractivity contribution in [1.29, 1.82) is 0 Å². The van der Waals surface area contributed by atoms with Crippen LogP contribution in [0.1, 0.15) is 19.4 Å². The van der Waals surface area contributed by atoms with Crippen LogP contribution in [0, 0.1) is 0 Å². The Morgan fingerprint density at radius 2 is 2.10 bits per heavy atom. The molecule has 1 amide bonds. The summed E-state index contributed by atoms with van der Waals surface area (Å²) < 4.78 is 5.45. The summed E-state index contributed by atoms with van der Waals surface area (Å²) in [7, 11) is 0. The molecular weight excluding hydrogens is 254 g/mol. The van der Waals surface area contributed by atoms with E-state index in [0.717, 1.165) is 11.9 Å². The number of ether oxygens (including phenoxy) is 1. The molecule has 20 heavy (non-hydrogen) atoms. The molecule has 0 bridgehead atoms. The second-order valence-corrected chi connectivity index (χ2v) is 5.36. The van der Waals surface area contributed by atoms with Gasteiger partial charge >= 0.3 is 0 Å². The molecule has 1 aliphatic heterocycles. The Morgan fingerprint density at radius 3 is 2.85 bits per heavy atom. The van der Waals surface area contributed by atoms with Crippen LogP contribution in [-0.2, 0) is 16.0 Å². The number of carbonyl (C=O) groups is 1. The third-order valence-electron chi connectivity index (χ3n) is 3.43. The maximum Gasteiger partial charge on any atom is 0.292 e. The third kappa shape index (κ3) is 2.27. The number of para-hydroxylation sites is 1. The van der Waals surface area contributed by atoms with Crippen molar-refractivity contribution in [2.75, 3.05) is 6.54 Å². The van der Waals surface area contributed by atoms with Gasteiger partial charge < -0.3 is 9.72 Å². The molecule has 1 aromatic carbocycles. The van der Waals surface area contributed by atoms with Crippen LogP contribution in [-0.4, -0.2) is 29.1 Å². The Morgan fingerprint density at radius 1 is 1.30 bits per heavy atom. The maximum absolute atomic E-state index is 11.6. The number of hydrogen-bond donors (Lipinski definition) is 2. The molecule has 2 N–H and O–H groups in total. The predicted molar refractivity (Wildman–Crippen MR) is 77.6 cm³/mol. The lowest BCUT2D eigenvalue weighted by Crippen LogP contribution is -2.32. The standard InChI is InChI=1S/C15H17N3O2/c1-15(2)13(19)18-14(20-15)16-8-7-10-9-17-12-6-4-3-5-11(10)12/h3-6,9,17H,7-8H2,1-2H3,(H,16,18,19). The van der Waals surface area contributed by atoms with Crippen molar-refractivity contribution in [3.63, 3.8) is 0 Å². The minimum absolute atomic E-state index is 0.150. The highest BCUT2D eigenvalue weighted by molar-refractivity contribution is 6.04. The molecule has 0 unspecified atom stereocenters. The number of carbonyl (C=O) groups excluding carboxylic acids is 1. The number of aliphatic imine (C=N–C) groups is 1. The van der Waals surface area contributed by atoms with Gasteiger partial charge in [0.25, 0.3) is 11.9 Å². The molecule has 0 radical (unpaired) electrons. The summed E-state index contributed by atoms with van der Waals surface area (Å²) in [6.45, 7) is 4.03. The zero-order valence-corrected chi connectivity index (χ0v) is 11.6. The van der Waals surface area contributed by atoms with Gasteiger partial charge in [0.1, 0.15) is 0 Å². The molecule has 0 aliphatic carbocycles. The van der Waals surface area contributed by atoms with Crippen LogP contribution < -0.4 is 5.32 Å². The lowest BCUT2D eigenvalue weighted by atomic mass is 10.1. The van der Waals surface area contributed by atoms with Gasteiger partial charge in [-0.05, 0) is 31.9 Å².